The van der Waals surface area contributed by atoms with Crippen LogP contribution in [0.2, 0.25) is 0 Å². The highest BCUT2D eigenvalue weighted by atomic mass is 16.4. The average molecular weight is 234 g/mol. The van der Waals surface area contributed by atoms with Crippen molar-refractivity contribution in [1.82, 2.24) is 4.90 Å². The molecule has 5 heteroatoms. The van der Waals surface area contributed by atoms with Gasteiger partial charge < -0.3 is 15.3 Å². The van der Waals surface area contributed by atoms with Crippen LogP contribution in [0.4, 0.5) is 10.5 Å². The van der Waals surface area contributed by atoms with Crippen molar-refractivity contribution in [1.29, 1.82) is 0 Å². The van der Waals surface area contributed by atoms with Gasteiger partial charge in [0.15, 0.2) is 0 Å². The van der Waals surface area contributed by atoms with Gasteiger partial charge in [0, 0.05) is 18.8 Å². The fraction of sp³-hybridized carbons (Fsp3) is 0.333. The number of carbonyl (C=O) groups excluding carboxylic acids is 1. The van der Waals surface area contributed by atoms with Gasteiger partial charge in [0.25, 0.3) is 0 Å². The Morgan fingerprint density at radius 1 is 1.29 bits per heavy atom. The lowest BCUT2D eigenvalue weighted by Gasteiger charge is -2.12. The minimum atomic E-state index is -0.958. The molecule has 1 atom stereocenters. The topological polar surface area (TPSA) is 69.6 Å². The van der Waals surface area contributed by atoms with E-state index in [4.69, 9.17) is 5.11 Å². The predicted molar refractivity (Wildman–Crippen MR) is 62.8 cm³/mol. The molecule has 0 saturated carbocycles. The number of anilines is 1. The molecule has 17 heavy (non-hydrogen) atoms. The number of hydrogen-bond acceptors (Lipinski definition) is 2. The van der Waals surface area contributed by atoms with Gasteiger partial charge in [0.2, 0.25) is 5.91 Å². The van der Waals surface area contributed by atoms with E-state index < -0.39 is 6.09 Å². The summed E-state index contributed by atoms with van der Waals surface area (Å²) in [6.45, 7) is 0.718. The summed E-state index contributed by atoms with van der Waals surface area (Å²) >= 11 is 0. The molecule has 5 nitrogen and oxygen atoms in total. The number of carbonyl (C=O) groups is 2. The molecule has 1 saturated heterocycles. The second-order valence-corrected chi connectivity index (χ2v) is 4.07. The van der Waals surface area contributed by atoms with Gasteiger partial charge in [-0.05, 0) is 18.6 Å². The molecule has 1 heterocycles. The number of rotatable bonds is 2. The molecule has 0 aromatic heterocycles. The lowest BCUT2D eigenvalue weighted by molar-refractivity contribution is -0.119. The van der Waals surface area contributed by atoms with Crippen molar-refractivity contribution < 1.29 is 14.7 Å². The van der Waals surface area contributed by atoms with Crippen LogP contribution >= 0.6 is 0 Å². The van der Waals surface area contributed by atoms with Crippen molar-refractivity contribution in [3.05, 3.63) is 30.3 Å². The highest BCUT2D eigenvalue weighted by Crippen LogP contribution is 2.18. The Labute approximate surface area is 99.0 Å². The molecule has 0 aliphatic carbocycles. The first-order valence-electron chi connectivity index (χ1n) is 5.50. The zero-order chi connectivity index (χ0) is 12.3. The van der Waals surface area contributed by atoms with Crippen molar-refractivity contribution in [2.24, 2.45) is 5.92 Å². The Hall–Kier alpha value is -2.04. The molecule has 0 spiro atoms. The summed E-state index contributed by atoms with van der Waals surface area (Å²) in [5.41, 5.74) is 0.742. The number of nitrogens with zero attached hydrogens (tertiary/aromatic N) is 1. The van der Waals surface area contributed by atoms with Gasteiger partial charge in [-0.3, -0.25) is 4.79 Å². The van der Waals surface area contributed by atoms with E-state index in [1.54, 1.807) is 0 Å². The van der Waals surface area contributed by atoms with Gasteiger partial charge in [-0.1, -0.05) is 18.2 Å². The van der Waals surface area contributed by atoms with Crippen LogP contribution < -0.4 is 5.32 Å². The van der Waals surface area contributed by atoms with E-state index in [9.17, 15) is 9.59 Å². The molecule has 2 N–H and O–H groups in total. The SMILES string of the molecule is O=C(Nc1ccccc1)C1CCN(C(=O)O)C1. The summed E-state index contributed by atoms with van der Waals surface area (Å²) in [7, 11) is 0. The summed E-state index contributed by atoms with van der Waals surface area (Å²) in [5, 5.41) is 11.6. The number of nitrogens with one attached hydrogen (secondary N) is 1. The summed E-state index contributed by atoms with van der Waals surface area (Å²) in [5.74, 6) is -0.355. The first-order chi connectivity index (χ1) is 8.16. The maximum atomic E-state index is 11.9. The van der Waals surface area contributed by atoms with Gasteiger partial charge >= 0.3 is 6.09 Å². The van der Waals surface area contributed by atoms with Crippen molar-refractivity contribution in [3.8, 4) is 0 Å². The van der Waals surface area contributed by atoms with Crippen LogP contribution in [0, 0.1) is 5.92 Å². The smallest absolute Gasteiger partial charge is 0.407 e. The zero-order valence-electron chi connectivity index (χ0n) is 9.30. The Morgan fingerprint density at radius 3 is 2.59 bits per heavy atom. The normalized spacial score (nSPS) is 19.1. The van der Waals surface area contributed by atoms with E-state index in [1.807, 2.05) is 30.3 Å². The molecule has 1 aromatic carbocycles. The number of para-hydroxylation sites is 1. The van der Waals surface area contributed by atoms with Gasteiger partial charge in [-0.15, -0.1) is 0 Å². The van der Waals surface area contributed by atoms with E-state index in [0.29, 0.717) is 13.0 Å². The van der Waals surface area contributed by atoms with Crippen LogP contribution in [0.1, 0.15) is 6.42 Å². The first-order valence-corrected chi connectivity index (χ1v) is 5.50. The second-order valence-electron chi connectivity index (χ2n) is 4.07. The van der Waals surface area contributed by atoms with Crippen LogP contribution in [0.3, 0.4) is 0 Å². The van der Waals surface area contributed by atoms with E-state index in [-0.39, 0.29) is 18.4 Å². The highest BCUT2D eigenvalue weighted by molar-refractivity contribution is 5.93. The van der Waals surface area contributed by atoms with Crippen LogP contribution in [0.25, 0.3) is 0 Å². The quantitative estimate of drug-likeness (QED) is 0.817. The van der Waals surface area contributed by atoms with Crippen molar-refractivity contribution in [3.63, 3.8) is 0 Å². The summed E-state index contributed by atoms with van der Waals surface area (Å²) in [4.78, 5) is 23.8. The molecule has 0 bridgehead atoms. The fourth-order valence-electron chi connectivity index (χ4n) is 1.91. The zero-order valence-corrected chi connectivity index (χ0v) is 9.30. The largest absolute Gasteiger partial charge is 0.465 e. The minimum Gasteiger partial charge on any atom is -0.465 e. The van der Waals surface area contributed by atoms with E-state index >= 15 is 0 Å². The second kappa shape index (κ2) is 4.86. The third-order valence-electron chi connectivity index (χ3n) is 2.87. The van der Waals surface area contributed by atoms with Gasteiger partial charge in [0.05, 0.1) is 5.92 Å². The monoisotopic (exact) mass is 234 g/mol. The number of carboxylic acid groups (broad SMARTS) is 1. The number of amides is 2. The summed E-state index contributed by atoms with van der Waals surface area (Å²) in [6.07, 6.45) is -0.370. The minimum absolute atomic E-state index is 0.111. The molecular weight excluding hydrogens is 220 g/mol. The standard InChI is InChI=1S/C12H14N2O3/c15-11(13-10-4-2-1-3-5-10)9-6-7-14(8-9)12(16)17/h1-5,9H,6-8H2,(H,13,15)(H,16,17). The molecule has 1 aliphatic rings. The molecule has 1 aromatic rings. The third kappa shape index (κ3) is 2.75. The molecular formula is C12H14N2O3. The Balaban J connectivity index is 1.92. The van der Waals surface area contributed by atoms with Crippen LogP contribution in [0.15, 0.2) is 30.3 Å². The number of likely N-dealkylation sites (tertiary alicyclic amines) is 1. The number of benzene rings is 1. The summed E-state index contributed by atoms with van der Waals surface area (Å²) < 4.78 is 0. The lowest BCUT2D eigenvalue weighted by Crippen LogP contribution is -2.30. The van der Waals surface area contributed by atoms with E-state index in [2.05, 4.69) is 5.32 Å². The van der Waals surface area contributed by atoms with Crippen LogP contribution in [-0.2, 0) is 4.79 Å². The molecule has 1 fully saturated rings. The van der Waals surface area contributed by atoms with Crippen molar-refractivity contribution >= 4 is 17.7 Å². The van der Waals surface area contributed by atoms with Gasteiger partial charge in [-0.25, -0.2) is 4.79 Å². The summed E-state index contributed by atoms with van der Waals surface area (Å²) in [6, 6.07) is 9.17. The molecule has 2 rings (SSSR count). The average Bonchev–Trinajstić information content (AvgIpc) is 2.79. The van der Waals surface area contributed by atoms with E-state index in [1.165, 1.54) is 4.90 Å². The highest BCUT2D eigenvalue weighted by Gasteiger charge is 2.30. The Morgan fingerprint density at radius 2 is 2.00 bits per heavy atom. The Bertz CT molecular complexity index is 419. The Kier molecular flexibility index (Phi) is 3.27. The maximum absolute atomic E-state index is 11.9. The fourth-order valence-corrected chi connectivity index (χ4v) is 1.91. The molecule has 0 radical (unpaired) electrons. The van der Waals surface area contributed by atoms with Gasteiger partial charge in [0.1, 0.15) is 0 Å². The van der Waals surface area contributed by atoms with Gasteiger partial charge in [-0.2, -0.15) is 0 Å². The molecule has 1 unspecified atom stereocenters. The number of hydrogen-bond donors (Lipinski definition) is 2. The third-order valence-corrected chi connectivity index (χ3v) is 2.87. The molecule has 1 aliphatic heterocycles. The molecule has 2 amide bonds. The maximum Gasteiger partial charge on any atom is 0.407 e. The van der Waals surface area contributed by atoms with Crippen LogP contribution in [-0.4, -0.2) is 35.1 Å². The van der Waals surface area contributed by atoms with E-state index in [0.717, 1.165) is 5.69 Å². The van der Waals surface area contributed by atoms with Crippen molar-refractivity contribution in [2.75, 3.05) is 18.4 Å². The van der Waals surface area contributed by atoms with Crippen LogP contribution in [0.5, 0.6) is 0 Å². The van der Waals surface area contributed by atoms with Crippen molar-refractivity contribution in [2.45, 2.75) is 6.42 Å². The molecule has 90 valence electrons. The predicted octanol–water partition coefficient (Wildman–Crippen LogP) is 1.62. The first kappa shape index (κ1) is 11.4. The lowest BCUT2D eigenvalue weighted by atomic mass is 10.1.